The Bertz CT molecular complexity index is 506. The summed E-state index contributed by atoms with van der Waals surface area (Å²) in [6.45, 7) is 5.16. The molecule has 2 unspecified atom stereocenters. The van der Waals surface area contributed by atoms with Gasteiger partial charge in [0.2, 0.25) is 0 Å². The molecule has 2 aromatic rings. The van der Waals surface area contributed by atoms with Gasteiger partial charge in [-0.3, -0.25) is 4.90 Å². The zero-order valence-electron chi connectivity index (χ0n) is 12.4. The van der Waals surface area contributed by atoms with Crippen molar-refractivity contribution in [3.05, 3.63) is 57.8 Å². The van der Waals surface area contributed by atoms with E-state index in [1.165, 1.54) is 10.4 Å². The summed E-state index contributed by atoms with van der Waals surface area (Å²) in [4.78, 5) is 3.67. The summed E-state index contributed by atoms with van der Waals surface area (Å²) in [6.07, 6.45) is 0.378. The summed E-state index contributed by atoms with van der Waals surface area (Å²) < 4.78 is 0. The van der Waals surface area contributed by atoms with Crippen molar-refractivity contribution in [1.82, 2.24) is 4.90 Å². The molecule has 1 aromatic carbocycles. The molecular weight excluding hydrogens is 266 g/mol. The van der Waals surface area contributed by atoms with E-state index in [0.29, 0.717) is 6.04 Å². The van der Waals surface area contributed by atoms with Crippen LogP contribution >= 0.6 is 11.3 Å². The van der Waals surface area contributed by atoms with Gasteiger partial charge in [0, 0.05) is 17.5 Å². The van der Waals surface area contributed by atoms with Gasteiger partial charge in [0.05, 0.1) is 6.10 Å². The molecule has 3 heteroatoms. The molecule has 0 aliphatic heterocycles. The number of hydrogen-bond donors (Lipinski definition) is 1. The van der Waals surface area contributed by atoms with Gasteiger partial charge in [-0.15, -0.1) is 11.3 Å². The van der Waals surface area contributed by atoms with Crippen LogP contribution in [0.2, 0.25) is 0 Å². The van der Waals surface area contributed by atoms with Crippen LogP contribution in [0.15, 0.2) is 41.8 Å². The van der Waals surface area contributed by atoms with Crippen LogP contribution in [0.1, 0.15) is 41.5 Å². The molecule has 0 amide bonds. The van der Waals surface area contributed by atoms with Crippen LogP contribution in [0.3, 0.4) is 0 Å². The third kappa shape index (κ3) is 3.92. The second kappa shape index (κ2) is 7.02. The number of hydrogen-bond acceptors (Lipinski definition) is 3. The third-order valence-electron chi connectivity index (χ3n) is 3.83. The van der Waals surface area contributed by atoms with E-state index >= 15 is 0 Å². The molecule has 0 fully saturated rings. The molecule has 0 saturated carbocycles. The van der Waals surface area contributed by atoms with Crippen molar-refractivity contribution < 1.29 is 5.11 Å². The summed E-state index contributed by atoms with van der Waals surface area (Å²) in [5, 5.41) is 12.4. The first kappa shape index (κ1) is 15.2. The lowest BCUT2D eigenvalue weighted by Crippen LogP contribution is -2.24. The van der Waals surface area contributed by atoms with Gasteiger partial charge in [-0.1, -0.05) is 35.9 Å². The minimum absolute atomic E-state index is 0.381. The maximum atomic E-state index is 10.2. The number of aliphatic hydroxyl groups is 1. The standard InChI is InChI=1S/C17H23NOS/c1-13-6-8-15(9-7-13)16(19)10-11-18(3)14(2)17-5-4-12-20-17/h4-9,12,14,16,19H,10-11H2,1-3H3. The van der Waals surface area contributed by atoms with E-state index in [9.17, 15) is 5.11 Å². The Kier molecular flexibility index (Phi) is 5.35. The number of benzene rings is 1. The monoisotopic (exact) mass is 289 g/mol. The normalized spacial score (nSPS) is 14.4. The second-order valence-corrected chi connectivity index (χ2v) is 6.37. The van der Waals surface area contributed by atoms with Gasteiger partial charge in [-0.05, 0) is 44.3 Å². The largest absolute Gasteiger partial charge is 0.388 e. The maximum absolute atomic E-state index is 10.2. The molecule has 1 aromatic heterocycles. The molecule has 108 valence electrons. The predicted molar refractivity (Wildman–Crippen MR) is 86.1 cm³/mol. The molecule has 0 bridgehead atoms. The van der Waals surface area contributed by atoms with Crippen molar-refractivity contribution in [2.24, 2.45) is 0 Å². The van der Waals surface area contributed by atoms with Gasteiger partial charge in [0.1, 0.15) is 0 Å². The number of thiophene rings is 1. The fraction of sp³-hybridized carbons (Fsp3) is 0.412. The Morgan fingerprint density at radius 3 is 2.50 bits per heavy atom. The van der Waals surface area contributed by atoms with Crippen LogP contribution < -0.4 is 0 Å². The summed E-state index contributed by atoms with van der Waals surface area (Å²) in [5.74, 6) is 0. The molecule has 1 heterocycles. The fourth-order valence-electron chi connectivity index (χ4n) is 2.22. The van der Waals surface area contributed by atoms with Crippen molar-refractivity contribution in [3.8, 4) is 0 Å². The number of aryl methyl sites for hydroxylation is 1. The van der Waals surface area contributed by atoms with Gasteiger partial charge >= 0.3 is 0 Å². The van der Waals surface area contributed by atoms with E-state index in [2.05, 4.69) is 55.4 Å². The molecule has 0 saturated heterocycles. The maximum Gasteiger partial charge on any atom is 0.0802 e. The van der Waals surface area contributed by atoms with Crippen molar-refractivity contribution >= 4 is 11.3 Å². The Morgan fingerprint density at radius 1 is 1.20 bits per heavy atom. The summed E-state index contributed by atoms with van der Waals surface area (Å²) in [5.41, 5.74) is 2.23. The second-order valence-electron chi connectivity index (χ2n) is 5.39. The highest BCUT2D eigenvalue weighted by Crippen LogP contribution is 2.25. The topological polar surface area (TPSA) is 23.5 Å². The lowest BCUT2D eigenvalue weighted by atomic mass is 10.0. The molecule has 2 atom stereocenters. The Labute approximate surface area is 125 Å². The number of aliphatic hydroxyl groups excluding tert-OH is 1. The van der Waals surface area contributed by atoms with E-state index in [4.69, 9.17) is 0 Å². The molecular formula is C17H23NOS. The number of rotatable bonds is 6. The first-order chi connectivity index (χ1) is 9.58. The zero-order valence-corrected chi connectivity index (χ0v) is 13.2. The molecule has 20 heavy (non-hydrogen) atoms. The molecule has 2 nitrogen and oxygen atoms in total. The van der Waals surface area contributed by atoms with Crippen LogP contribution in [-0.2, 0) is 0 Å². The summed E-state index contributed by atoms with van der Waals surface area (Å²) in [6, 6.07) is 12.8. The highest BCUT2D eigenvalue weighted by atomic mass is 32.1. The summed E-state index contributed by atoms with van der Waals surface area (Å²) in [7, 11) is 2.12. The van der Waals surface area contributed by atoms with E-state index in [1.54, 1.807) is 11.3 Å². The highest BCUT2D eigenvalue weighted by Gasteiger charge is 2.14. The average molecular weight is 289 g/mol. The van der Waals surface area contributed by atoms with Crippen molar-refractivity contribution in [3.63, 3.8) is 0 Å². The molecule has 0 aliphatic carbocycles. The van der Waals surface area contributed by atoms with Crippen LogP contribution in [0.4, 0.5) is 0 Å². The molecule has 0 radical (unpaired) electrons. The fourth-order valence-corrected chi connectivity index (χ4v) is 3.07. The first-order valence-electron chi connectivity index (χ1n) is 7.06. The molecule has 1 N–H and O–H groups in total. The van der Waals surface area contributed by atoms with Crippen molar-refractivity contribution in [2.45, 2.75) is 32.4 Å². The smallest absolute Gasteiger partial charge is 0.0802 e. The van der Waals surface area contributed by atoms with Gasteiger partial charge in [-0.2, -0.15) is 0 Å². The minimum atomic E-state index is -0.381. The Morgan fingerprint density at radius 2 is 1.90 bits per heavy atom. The van der Waals surface area contributed by atoms with Gasteiger partial charge < -0.3 is 5.11 Å². The first-order valence-corrected chi connectivity index (χ1v) is 7.94. The lowest BCUT2D eigenvalue weighted by Gasteiger charge is -2.25. The van der Waals surface area contributed by atoms with Gasteiger partial charge in [0.15, 0.2) is 0 Å². The van der Waals surface area contributed by atoms with Crippen molar-refractivity contribution in [1.29, 1.82) is 0 Å². The van der Waals surface area contributed by atoms with Crippen molar-refractivity contribution in [2.75, 3.05) is 13.6 Å². The Balaban J connectivity index is 1.86. The predicted octanol–water partition coefficient (Wildman–Crippen LogP) is 4.17. The molecule has 0 aliphatic rings. The van der Waals surface area contributed by atoms with Crippen LogP contribution in [0.25, 0.3) is 0 Å². The zero-order chi connectivity index (χ0) is 14.5. The summed E-state index contributed by atoms with van der Waals surface area (Å²) >= 11 is 1.79. The van der Waals surface area contributed by atoms with Crippen LogP contribution in [0.5, 0.6) is 0 Å². The average Bonchev–Trinajstić information content (AvgIpc) is 2.98. The van der Waals surface area contributed by atoms with Crippen LogP contribution in [-0.4, -0.2) is 23.6 Å². The third-order valence-corrected chi connectivity index (χ3v) is 4.88. The minimum Gasteiger partial charge on any atom is -0.388 e. The Hall–Kier alpha value is -1.16. The van der Waals surface area contributed by atoms with Gasteiger partial charge in [-0.25, -0.2) is 0 Å². The highest BCUT2D eigenvalue weighted by molar-refractivity contribution is 7.10. The lowest BCUT2D eigenvalue weighted by molar-refractivity contribution is 0.139. The van der Waals surface area contributed by atoms with Crippen LogP contribution in [0, 0.1) is 6.92 Å². The molecule has 2 rings (SSSR count). The van der Waals surface area contributed by atoms with E-state index in [0.717, 1.165) is 18.5 Å². The van der Waals surface area contributed by atoms with Gasteiger partial charge in [0.25, 0.3) is 0 Å². The van der Waals surface area contributed by atoms with E-state index < -0.39 is 0 Å². The molecule has 0 spiro atoms. The van der Waals surface area contributed by atoms with E-state index in [1.807, 2.05) is 12.1 Å². The van der Waals surface area contributed by atoms with E-state index in [-0.39, 0.29) is 6.10 Å². The quantitative estimate of drug-likeness (QED) is 0.862. The SMILES string of the molecule is Cc1ccc(C(O)CCN(C)C(C)c2cccs2)cc1. The number of nitrogens with zero attached hydrogens (tertiary/aromatic N) is 1.